The summed E-state index contributed by atoms with van der Waals surface area (Å²) in [6, 6.07) is 33.6. The molecule has 288 valence electrons. The van der Waals surface area contributed by atoms with Crippen molar-refractivity contribution < 1.29 is 0 Å². The lowest BCUT2D eigenvalue weighted by Crippen LogP contribution is -1.89. The third-order valence-corrected chi connectivity index (χ3v) is 12.5. The highest BCUT2D eigenvalue weighted by Gasteiger charge is 2.09. The van der Waals surface area contributed by atoms with E-state index in [2.05, 4.69) is 98.8 Å². The minimum absolute atomic E-state index is 1.20. The molecule has 0 atom stereocenters. The molecule has 0 bridgehead atoms. The summed E-state index contributed by atoms with van der Waals surface area (Å²) < 4.78 is 0. The van der Waals surface area contributed by atoms with Gasteiger partial charge in [-0.25, -0.2) is 0 Å². The maximum Gasteiger partial charge on any atom is -0.00987 e. The number of rotatable bonds is 26. The zero-order valence-electron chi connectivity index (χ0n) is 34.5. The molecule has 0 spiro atoms. The summed E-state index contributed by atoms with van der Waals surface area (Å²) in [5, 5.41) is 13.6. The third-order valence-electron chi connectivity index (χ3n) is 12.5. The molecule has 0 nitrogen and oxygen atoms in total. The van der Waals surface area contributed by atoms with Gasteiger partial charge in [-0.1, -0.05) is 216 Å². The Labute approximate surface area is 329 Å². The Morgan fingerprint density at radius 2 is 0.556 bits per heavy atom. The van der Waals surface area contributed by atoms with Gasteiger partial charge in [0.25, 0.3) is 0 Å². The fourth-order valence-corrected chi connectivity index (χ4v) is 9.12. The van der Waals surface area contributed by atoms with E-state index in [4.69, 9.17) is 0 Å². The van der Waals surface area contributed by atoms with Gasteiger partial charge in [0, 0.05) is 0 Å². The van der Waals surface area contributed by atoms with Crippen molar-refractivity contribution in [3.05, 3.63) is 96.1 Å². The van der Waals surface area contributed by atoms with Crippen LogP contribution in [0.15, 0.2) is 84.9 Å². The molecule has 6 aromatic rings. The SMILES string of the molecule is CCCCCCCCCCCCCCc1ccc2cc3c(ccc4c5cc6ccc(CCCCCCCCCCCCCC)cc6cc5ccc34)cc2c1. The van der Waals surface area contributed by atoms with Crippen LogP contribution in [-0.4, -0.2) is 0 Å². The molecule has 0 aliphatic carbocycles. The molecule has 0 heterocycles. The second-order valence-electron chi connectivity index (χ2n) is 17.0. The van der Waals surface area contributed by atoms with E-state index in [1.807, 2.05) is 0 Å². The predicted octanol–water partition coefficient (Wildman–Crippen LogP) is 17.9. The molecule has 0 amide bonds. The number of unbranched alkanes of at least 4 members (excludes halogenated alkanes) is 22. The second kappa shape index (κ2) is 22.2. The van der Waals surface area contributed by atoms with Crippen molar-refractivity contribution in [2.45, 2.75) is 181 Å². The first kappa shape index (κ1) is 40.3. The van der Waals surface area contributed by atoms with E-state index in [1.165, 1.54) is 232 Å². The fraction of sp³-hybridized carbons (Fsp3) is 0.519. The van der Waals surface area contributed by atoms with E-state index in [0.29, 0.717) is 0 Å². The van der Waals surface area contributed by atoms with E-state index in [0.717, 1.165) is 0 Å². The van der Waals surface area contributed by atoms with Gasteiger partial charge in [0.15, 0.2) is 0 Å². The van der Waals surface area contributed by atoms with Crippen molar-refractivity contribution in [1.29, 1.82) is 0 Å². The highest BCUT2D eigenvalue weighted by atomic mass is 14.1. The van der Waals surface area contributed by atoms with Crippen LogP contribution in [0.3, 0.4) is 0 Å². The van der Waals surface area contributed by atoms with Crippen LogP contribution in [0.25, 0.3) is 53.9 Å². The predicted molar refractivity (Wildman–Crippen MR) is 244 cm³/mol. The van der Waals surface area contributed by atoms with E-state index < -0.39 is 0 Å². The van der Waals surface area contributed by atoms with Gasteiger partial charge in [-0.3, -0.25) is 0 Å². The van der Waals surface area contributed by atoms with Gasteiger partial charge in [0.1, 0.15) is 0 Å². The highest BCUT2D eigenvalue weighted by Crippen LogP contribution is 2.36. The van der Waals surface area contributed by atoms with E-state index >= 15 is 0 Å². The summed E-state index contributed by atoms with van der Waals surface area (Å²) in [6.07, 6.45) is 36.2. The number of fused-ring (bicyclic) bond motifs is 7. The van der Waals surface area contributed by atoms with Gasteiger partial charge in [0.2, 0.25) is 0 Å². The van der Waals surface area contributed by atoms with Gasteiger partial charge >= 0.3 is 0 Å². The van der Waals surface area contributed by atoms with Crippen molar-refractivity contribution in [1.82, 2.24) is 0 Å². The highest BCUT2D eigenvalue weighted by molar-refractivity contribution is 6.20. The average molecular weight is 721 g/mol. The summed E-state index contributed by atoms with van der Waals surface area (Å²) in [4.78, 5) is 0. The van der Waals surface area contributed by atoms with Crippen molar-refractivity contribution >= 4 is 53.9 Å². The zero-order valence-corrected chi connectivity index (χ0v) is 34.5. The van der Waals surface area contributed by atoms with Crippen LogP contribution in [0, 0.1) is 0 Å². The summed E-state index contributed by atoms with van der Waals surface area (Å²) in [5.41, 5.74) is 2.98. The van der Waals surface area contributed by atoms with Gasteiger partial charge in [-0.15, -0.1) is 0 Å². The summed E-state index contributed by atoms with van der Waals surface area (Å²) >= 11 is 0. The standard InChI is InChI=1S/C54H72/c1-3-5-7-9-11-13-15-17-19-21-23-25-27-43-29-31-45-41-53-47(39-49(45)37-43)33-35-52-51(53)36-34-48-40-50-38-44(30-32-46(50)42-54(48)52)28-26-24-22-20-18-16-14-12-10-8-6-4-2/h29-42H,3-28H2,1-2H3. The Balaban J connectivity index is 1.00. The molecule has 0 radical (unpaired) electrons. The molecule has 54 heavy (non-hydrogen) atoms. The molecular weight excluding hydrogens is 649 g/mol. The molecule has 0 aliphatic heterocycles. The van der Waals surface area contributed by atoms with Crippen LogP contribution in [0.4, 0.5) is 0 Å². The molecule has 0 saturated carbocycles. The molecule has 6 aromatic carbocycles. The van der Waals surface area contributed by atoms with E-state index in [1.54, 1.807) is 0 Å². The summed E-state index contributed by atoms with van der Waals surface area (Å²) in [5.74, 6) is 0. The largest absolute Gasteiger partial charge is 0.0654 e. The van der Waals surface area contributed by atoms with Crippen LogP contribution < -0.4 is 0 Å². The zero-order chi connectivity index (χ0) is 37.2. The lowest BCUT2D eigenvalue weighted by Gasteiger charge is -2.12. The topological polar surface area (TPSA) is 0 Å². The van der Waals surface area contributed by atoms with Crippen LogP contribution in [0.5, 0.6) is 0 Å². The molecule has 0 aliphatic rings. The number of benzene rings is 6. The summed E-state index contributed by atoms with van der Waals surface area (Å²) in [6.45, 7) is 4.61. The quantitative estimate of drug-likeness (QED) is 0.0297. The van der Waals surface area contributed by atoms with Gasteiger partial charge in [0.05, 0.1) is 0 Å². The minimum Gasteiger partial charge on any atom is -0.0654 e. The second-order valence-corrected chi connectivity index (χ2v) is 17.0. The molecule has 0 saturated heterocycles. The van der Waals surface area contributed by atoms with Crippen LogP contribution in [0.1, 0.15) is 179 Å². The molecule has 0 unspecified atom stereocenters. The molecule has 0 heteroatoms. The van der Waals surface area contributed by atoms with Crippen LogP contribution >= 0.6 is 0 Å². The Bertz CT molecular complexity index is 1860. The first-order chi connectivity index (χ1) is 26.7. The van der Waals surface area contributed by atoms with Gasteiger partial charge in [-0.2, -0.15) is 0 Å². The first-order valence-corrected chi connectivity index (χ1v) is 23.0. The average Bonchev–Trinajstić information content (AvgIpc) is 3.19. The molecule has 0 fully saturated rings. The maximum atomic E-state index is 2.45. The van der Waals surface area contributed by atoms with Gasteiger partial charge < -0.3 is 0 Å². The van der Waals surface area contributed by atoms with Crippen LogP contribution in [-0.2, 0) is 12.8 Å². The third kappa shape index (κ3) is 11.8. The normalized spacial score (nSPS) is 12.0. The Morgan fingerprint density at radius 1 is 0.241 bits per heavy atom. The first-order valence-electron chi connectivity index (χ1n) is 23.0. The van der Waals surface area contributed by atoms with Crippen LogP contribution in [0.2, 0.25) is 0 Å². The number of hydrogen-bond acceptors (Lipinski definition) is 0. The molecule has 0 N–H and O–H groups in total. The van der Waals surface area contributed by atoms with Crippen molar-refractivity contribution in [3.63, 3.8) is 0 Å². The number of aryl methyl sites for hydroxylation is 2. The van der Waals surface area contributed by atoms with E-state index in [9.17, 15) is 0 Å². The lowest BCUT2D eigenvalue weighted by molar-refractivity contribution is 0.544. The Kier molecular flexibility index (Phi) is 16.6. The van der Waals surface area contributed by atoms with E-state index in [-0.39, 0.29) is 0 Å². The van der Waals surface area contributed by atoms with Gasteiger partial charge in [-0.05, 0) is 115 Å². The smallest absolute Gasteiger partial charge is 0.00987 e. The van der Waals surface area contributed by atoms with Crippen molar-refractivity contribution in [2.24, 2.45) is 0 Å². The molecule has 0 aromatic heterocycles. The van der Waals surface area contributed by atoms with Crippen molar-refractivity contribution in [2.75, 3.05) is 0 Å². The molecule has 6 rings (SSSR count). The fourth-order valence-electron chi connectivity index (χ4n) is 9.12. The maximum absolute atomic E-state index is 2.45. The Morgan fingerprint density at radius 3 is 0.907 bits per heavy atom. The Hall–Kier alpha value is -3.38. The number of hydrogen-bond donors (Lipinski definition) is 0. The minimum atomic E-state index is 1.20. The summed E-state index contributed by atoms with van der Waals surface area (Å²) in [7, 11) is 0. The monoisotopic (exact) mass is 721 g/mol. The lowest BCUT2D eigenvalue weighted by atomic mass is 9.92. The van der Waals surface area contributed by atoms with Crippen molar-refractivity contribution in [3.8, 4) is 0 Å². The molecular formula is C54H72.